The normalized spacial score (nSPS) is 40.7. The van der Waals surface area contributed by atoms with Crippen molar-refractivity contribution in [3.05, 3.63) is 0 Å². The third-order valence-electron chi connectivity index (χ3n) is 4.27. The van der Waals surface area contributed by atoms with Crippen LogP contribution in [0.4, 0.5) is 0 Å². The van der Waals surface area contributed by atoms with E-state index in [-0.39, 0.29) is 18.0 Å². The summed E-state index contributed by atoms with van der Waals surface area (Å²) >= 11 is 0. The van der Waals surface area contributed by atoms with Gasteiger partial charge < -0.3 is 4.90 Å². The van der Waals surface area contributed by atoms with E-state index in [1.165, 1.54) is 0 Å². The summed E-state index contributed by atoms with van der Waals surface area (Å²) in [6, 6.07) is 0. The molecule has 2 fully saturated rings. The van der Waals surface area contributed by atoms with E-state index < -0.39 is 31.5 Å². The van der Waals surface area contributed by atoms with Gasteiger partial charge in [0.15, 0.2) is 0 Å². The standard InChI is InChI=1S/C18H37N3/c1-17(2,3)20-9-7-16(8-10-20)15-19-11-13-21(14-12-19)18(4,5)6/h16H,7-15H2,1-6H3/i11D2,12D2,13D2,14D2. The fourth-order valence-corrected chi connectivity index (χ4v) is 2.75. The highest BCUT2D eigenvalue weighted by Crippen LogP contribution is 2.25. The Balaban J connectivity index is 2.36. The summed E-state index contributed by atoms with van der Waals surface area (Å²) in [4.78, 5) is 3.87. The van der Waals surface area contributed by atoms with Crippen LogP contribution in [-0.4, -0.2) is 71.4 Å². The van der Waals surface area contributed by atoms with E-state index in [0.29, 0.717) is 0 Å². The van der Waals surface area contributed by atoms with Crippen molar-refractivity contribution in [3.63, 3.8) is 0 Å². The van der Waals surface area contributed by atoms with E-state index >= 15 is 0 Å². The molecule has 2 heterocycles. The van der Waals surface area contributed by atoms with E-state index in [9.17, 15) is 0 Å². The van der Waals surface area contributed by atoms with Gasteiger partial charge in [-0.05, 0) is 73.4 Å². The second kappa shape index (κ2) is 6.55. The Morgan fingerprint density at radius 2 is 1.29 bits per heavy atom. The molecule has 0 aliphatic carbocycles. The minimum absolute atomic E-state index is 0.0189. The Hall–Kier alpha value is -0.120. The van der Waals surface area contributed by atoms with Crippen LogP contribution in [0.3, 0.4) is 0 Å². The minimum atomic E-state index is -2.72. The van der Waals surface area contributed by atoms with Crippen LogP contribution < -0.4 is 0 Å². The van der Waals surface area contributed by atoms with E-state index in [1.807, 2.05) is 0 Å². The molecule has 0 aromatic carbocycles. The third-order valence-corrected chi connectivity index (χ3v) is 4.27. The first kappa shape index (κ1) is 9.24. The zero-order valence-corrected chi connectivity index (χ0v) is 14.5. The quantitative estimate of drug-likeness (QED) is 0.776. The van der Waals surface area contributed by atoms with Gasteiger partial charge in [-0.1, -0.05) is 0 Å². The zero-order chi connectivity index (χ0) is 22.8. The van der Waals surface area contributed by atoms with Crippen LogP contribution in [0, 0.1) is 5.92 Å². The Labute approximate surface area is 143 Å². The average molecular weight is 304 g/mol. The predicted molar refractivity (Wildman–Crippen MR) is 91.8 cm³/mol. The molecule has 124 valence electrons. The largest absolute Gasteiger partial charge is 0.301 e. The molecule has 3 heteroatoms. The maximum atomic E-state index is 8.55. The fourth-order valence-electron chi connectivity index (χ4n) is 2.75. The average Bonchev–Trinajstić information content (AvgIpc) is 2.48. The lowest BCUT2D eigenvalue weighted by Crippen LogP contribution is -2.54. The second-order valence-corrected chi connectivity index (χ2v) is 8.17. The molecule has 2 rings (SSSR count). The monoisotopic (exact) mass is 303 g/mol. The van der Waals surface area contributed by atoms with Crippen LogP contribution in [0.15, 0.2) is 0 Å². The first-order valence-corrected chi connectivity index (χ1v) is 8.02. The molecular weight excluding hydrogens is 258 g/mol. The second-order valence-electron chi connectivity index (χ2n) is 8.17. The van der Waals surface area contributed by atoms with Gasteiger partial charge in [0.1, 0.15) is 0 Å². The molecule has 2 saturated heterocycles. The van der Waals surface area contributed by atoms with Gasteiger partial charge in [-0.2, -0.15) is 0 Å². The molecule has 0 spiro atoms. The molecule has 0 radical (unpaired) electrons. The van der Waals surface area contributed by atoms with Crippen molar-refractivity contribution in [1.82, 2.24) is 14.7 Å². The lowest BCUT2D eigenvalue weighted by atomic mass is 9.92. The summed E-state index contributed by atoms with van der Waals surface area (Å²) in [6.45, 7) is 1.91. The number of piperazine rings is 1. The number of hydrogen-bond acceptors (Lipinski definition) is 3. The van der Waals surface area contributed by atoms with Crippen molar-refractivity contribution in [2.75, 3.05) is 45.6 Å². The number of likely N-dealkylation sites (tertiary alicyclic amines) is 1. The van der Waals surface area contributed by atoms with Gasteiger partial charge in [-0.15, -0.1) is 0 Å². The maximum absolute atomic E-state index is 8.55. The highest BCUT2D eigenvalue weighted by Gasteiger charge is 2.30. The van der Waals surface area contributed by atoms with Crippen LogP contribution in [0.2, 0.25) is 0 Å². The van der Waals surface area contributed by atoms with Crippen LogP contribution in [0.1, 0.15) is 65.4 Å². The van der Waals surface area contributed by atoms with Gasteiger partial charge in [0.25, 0.3) is 0 Å². The van der Waals surface area contributed by atoms with E-state index in [1.54, 1.807) is 20.8 Å². The molecule has 0 atom stereocenters. The molecule has 0 aromatic heterocycles. The third kappa shape index (κ3) is 4.94. The van der Waals surface area contributed by atoms with Gasteiger partial charge >= 0.3 is 0 Å². The first-order chi connectivity index (χ1) is 12.7. The summed E-state index contributed by atoms with van der Waals surface area (Å²) in [7, 11) is 0. The zero-order valence-electron chi connectivity index (χ0n) is 22.5. The van der Waals surface area contributed by atoms with Gasteiger partial charge in [0, 0.05) is 54.6 Å². The van der Waals surface area contributed by atoms with Crippen molar-refractivity contribution in [2.24, 2.45) is 5.92 Å². The molecule has 0 unspecified atom stereocenters. The van der Waals surface area contributed by atoms with Crippen molar-refractivity contribution < 1.29 is 11.0 Å². The Morgan fingerprint density at radius 1 is 0.810 bits per heavy atom. The predicted octanol–water partition coefficient (Wildman–Crippen LogP) is 2.91. The molecule has 21 heavy (non-hydrogen) atoms. The SMILES string of the molecule is [2H]C1([2H])N(CC2CCN(C(C)(C)C)CC2)C([2H])([2H])C([2H])([2H])N(C(C)(C)C)C1([2H])[2H]. The molecular formula is C18H37N3. The minimum Gasteiger partial charge on any atom is -0.301 e. The molecule has 0 aromatic rings. The molecule has 3 nitrogen and oxygen atoms in total. The molecule has 0 bridgehead atoms. The van der Waals surface area contributed by atoms with Crippen LogP contribution >= 0.6 is 0 Å². The highest BCUT2D eigenvalue weighted by molar-refractivity contribution is 4.85. The van der Waals surface area contributed by atoms with E-state index in [4.69, 9.17) is 11.0 Å². The molecule has 0 saturated carbocycles. The number of hydrogen-bond donors (Lipinski definition) is 0. The topological polar surface area (TPSA) is 9.72 Å². The molecule has 0 amide bonds. The number of rotatable bonds is 2. The fraction of sp³-hybridized carbons (Fsp3) is 1.00. The Bertz CT molecular complexity index is 573. The van der Waals surface area contributed by atoms with Crippen LogP contribution in [0.5, 0.6) is 0 Å². The number of nitrogens with zero attached hydrogens (tertiary/aromatic N) is 3. The highest BCUT2D eigenvalue weighted by atomic mass is 15.3. The summed E-state index contributed by atoms with van der Waals surface area (Å²) in [5.41, 5.74) is -1.08. The van der Waals surface area contributed by atoms with Crippen LogP contribution in [0.25, 0.3) is 0 Å². The van der Waals surface area contributed by atoms with Crippen LogP contribution in [-0.2, 0) is 0 Å². The van der Waals surface area contributed by atoms with E-state index in [0.717, 1.165) is 35.7 Å². The van der Waals surface area contributed by atoms with Crippen molar-refractivity contribution in [3.8, 4) is 0 Å². The van der Waals surface area contributed by atoms with Crippen molar-refractivity contribution in [2.45, 2.75) is 65.5 Å². The van der Waals surface area contributed by atoms with Gasteiger partial charge in [0.2, 0.25) is 0 Å². The lowest BCUT2D eigenvalue weighted by Gasteiger charge is -2.45. The van der Waals surface area contributed by atoms with Gasteiger partial charge in [-0.25, -0.2) is 0 Å². The number of piperidine rings is 1. The summed E-state index contributed by atoms with van der Waals surface area (Å²) in [5, 5.41) is 0. The maximum Gasteiger partial charge on any atom is 0.0444 e. The Kier molecular flexibility index (Phi) is 2.88. The Morgan fingerprint density at radius 3 is 1.71 bits per heavy atom. The van der Waals surface area contributed by atoms with Gasteiger partial charge in [0.05, 0.1) is 0 Å². The summed E-state index contributed by atoms with van der Waals surface area (Å²) in [6.07, 6.45) is 1.49. The summed E-state index contributed by atoms with van der Waals surface area (Å²) in [5.74, 6) is -0.0217. The molecule has 0 N–H and O–H groups in total. The van der Waals surface area contributed by atoms with Gasteiger partial charge in [-0.3, -0.25) is 9.80 Å². The smallest absolute Gasteiger partial charge is 0.0444 e. The first-order valence-electron chi connectivity index (χ1n) is 12.0. The van der Waals surface area contributed by atoms with Crippen molar-refractivity contribution >= 4 is 0 Å². The van der Waals surface area contributed by atoms with E-state index in [2.05, 4.69) is 25.7 Å². The molecule has 2 aliphatic heterocycles. The lowest BCUT2D eigenvalue weighted by molar-refractivity contribution is 0.0379. The summed E-state index contributed by atoms with van der Waals surface area (Å²) < 4.78 is 68.2. The molecule has 2 aliphatic rings. The van der Waals surface area contributed by atoms with Crippen molar-refractivity contribution in [1.29, 1.82) is 0 Å².